The molecule has 2 rings (SSSR count). The van der Waals surface area contributed by atoms with Crippen LogP contribution in [0, 0.1) is 0 Å². The molecule has 0 saturated carbocycles. The third-order valence-electron chi connectivity index (χ3n) is 3.59. The molecule has 1 amide bonds. The van der Waals surface area contributed by atoms with Gasteiger partial charge in [-0.2, -0.15) is 0 Å². The van der Waals surface area contributed by atoms with Gasteiger partial charge >= 0.3 is 0 Å². The summed E-state index contributed by atoms with van der Waals surface area (Å²) in [6.45, 7) is 7.50. The number of carbonyl (C=O) groups excluding carboxylic acids is 1. The van der Waals surface area contributed by atoms with Crippen molar-refractivity contribution in [3.63, 3.8) is 0 Å². The molecule has 23 heavy (non-hydrogen) atoms. The van der Waals surface area contributed by atoms with E-state index in [0.29, 0.717) is 26.0 Å². The number of amides is 1. The maximum Gasteiger partial charge on any atom is 0.220 e. The highest BCUT2D eigenvalue weighted by molar-refractivity contribution is 5.76. The first-order valence-electron chi connectivity index (χ1n) is 7.97. The van der Waals surface area contributed by atoms with Gasteiger partial charge in [-0.1, -0.05) is 32.9 Å². The van der Waals surface area contributed by atoms with Crippen LogP contribution in [0.5, 0.6) is 5.75 Å². The third-order valence-corrected chi connectivity index (χ3v) is 3.59. The fourth-order valence-corrected chi connectivity index (χ4v) is 2.19. The topological polar surface area (TPSA) is 51.5 Å². The van der Waals surface area contributed by atoms with Crippen LogP contribution in [0.25, 0.3) is 0 Å². The van der Waals surface area contributed by atoms with Crippen LogP contribution in [0.4, 0.5) is 0 Å². The van der Waals surface area contributed by atoms with Crippen molar-refractivity contribution in [3.05, 3.63) is 54.0 Å². The summed E-state index contributed by atoms with van der Waals surface area (Å²) in [7, 11) is 0. The van der Waals surface area contributed by atoms with Crippen molar-refractivity contribution in [2.24, 2.45) is 0 Å². The van der Waals surface area contributed by atoms with E-state index >= 15 is 0 Å². The minimum Gasteiger partial charge on any atom is -0.492 e. The number of benzene rings is 1. The predicted octanol–water partition coefficient (Wildman–Crippen LogP) is 3.70. The van der Waals surface area contributed by atoms with Crippen LogP contribution in [0.15, 0.2) is 47.1 Å². The quantitative estimate of drug-likeness (QED) is 0.793. The second-order valence-electron chi connectivity index (χ2n) is 6.55. The molecule has 0 bridgehead atoms. The zero-order valence-corrected chi connectivity index (χ0v) is 14.1. The summed E-state index contributed by atoms with van der Waals surface area (Å²) in [5.41, 5.74) is 1.41. The Balaban J connectivity index is 1.64. The van der Waals surface area contributed by atoms with Gasteiger partial charge in [0.15, 0.2) is 0 Å². The van der Waals surface area contributed by atoms with E-state index in [1.807, 2.05) is 24.3 Å². The normalized spacial score (nSPS) is 11.3. The van der Waals surface area contributed by atoms with Gasteiger partial charge in [-0.3, -0.25) is 4.79 Å². The minimum absolute atomic E-state index is 0.00748. The SMILES string of the molecule is CC(C)(C)c1ccc(OCCNC(=O)CCc2ccco2)cc1. The molecule has 0 unspecified atom stereocenters. The number of ether oxygens (including phenoxy) is 1. The number of nitrogens with one attached hydrogen (secondary N) is 1. The van der Waals surface area contributed by atoms with Gasteiger partial charge in [0.25, 0.3) is 0 Å². The van der Waals surface area contributed by atoms with E-state index in [1.165, 1.54) is 5.56 Å². The van der Waals surface area contributed by atoms with E-state index in [9.17, 15) is 4.79 Å². The van der Waals surface area contributed by atoms with Crippen LogP contribution in [0.2, 0.25) is 0 Å². The summed E-state index contributed by atoms with van der Waals surface area (Å²) in [5, 5.41) is 2.85. The molecule has 4 nitrogen and oxygen atoms in total. The van der Waals surface area contributed by atoms with Gasteiger partial charge in [-0.05, 0) is 35.2 Å². The van der Waals surface area contributed by atoms with Gasteiger partial charge in [0.1, 0.15) is 18.1 Å². The van der Waals surface area contributed by atoms with Gasteiger partial charge < -0.3 is 14.5 Å². The molecule has 0 aliphatic heterocycles. The monoisotopic (exact) mass is 315 g/mol. The average molecular weight is 315 g/mol. The molecule has 0 spiro atoms. The Kier molecular flexibility index (Phi) is 5.85. The Morgan fingerprint density at radius 1 is 1.17 bits per heavy atom. The minimum atomic E-state index is 0.00748. The van der Waals surface area contributed by atoms with Crippen LogP contribution < -0.4 is 10.1 Å². The van der Waals surface area contributed by atoms with Gasteiger partial charge in [0.2, 0.25) is 5.91 Å². The summed E-state index contributed by atoms with van der Waals surface area (Å²) in [4.78, 5) is 11.7. The Bertz CT molecular complexity index is 595. The Labute approximate surface area is 137 Å². The smallest absolute Gasteiger partial charge is 0.220 e. The Hall–Kier alpha value is -2.23. The van der Waals surface area contributed by atoms with Gasteiger partial charge in [-0.15, -0.1) is 0 Å². The van der Waals surface area contributed by atoms with Crippen molar-refractivity contribution in [2.75, 3.05) is 13.2 Å². The fourth-order valence-electron chi connectivity index (χ4n) is 2.19. The number of aryl methyl sites for hydroxylation is 1. The number of hydrogen-bond acceptors (Lipinski definition) is 3. The Morgan fingerprint density at radius 2 is 1.91 bits per heavy atom. The van der Waals surface area contributed by atoms with Gasteiger partial charge in [-0.25, -0.2) is 0 Å². The maximum absolute atomic E-state index is 11.7. The molecule has 0 fully saturated rings. The first-order valence-corrected chi connectivity index (χ1v) is 7.97. The number of carbonyl (C=O) groups is 1. The lowest BCUT2D eigenvalue weighted by Crippen LogP contribution is -2.28. The second kappa shape index (κ2) is 7.86. The van der Waals surface area contributed by atoms with Gasteiger partial charge in [0, 0.05) is 12.8 Å². The molecule has 1 N–H and O–H groups in total. The van der Waals surface area contributed by atoms with E-state index < -0.39 is 0 Å². The van der Waals surface area contributed by atoms with Crippen molar-refractivity contribution in [1.29, 1.82) is 0 Å². The van der Waals surface area contributed by atoms with E-state index in [4.69, 9.17) is 9.15 Å². The lowest BCUT2D eigenvalue weighted by Gasteiger charge is -2.19. The lowest BCUT2D eigenvalue weighted by atomic mass is 9.87. The number of rotatable bonds is 7. The third kappa shape index (κ3) is 5.81. The van der Waals surface area contributed by atoms with E-state index in [-0.39, 0.29) is 11.3 Å². The first kappa shape index (κ1) is 17.1. The highest BCUT2D eigenvalue weighted by atomic mass is 16.5. The number of hydrogen-bond donors (Lipinski definition) is 1. The molecule has 1 heterocycles. The molecule has 1 aromatic heterocycles. The maximum atomic E-state index is 11.7. The summed E-state index contributed by atoms with van der Waals surface area (Å²) in [6.07, 6.45) is 2.66. The van der Waals surface area contributed by atoms with Crippen molar-refractivity contribution in [2.45, 2.75) is 39.0 Å². The molecule has 0 radical (unpaired) electrons. The molecule has 0 atom stereocenters. The summed E-state index contributed by atoms with van der Waals surface area (Å²) in [5.74, 6) is 1.66. The van der Waals surface area contributed by atoms with E-state index in [2.05, 4.69) is 38.2 Å². The van der Waals surface area contributed by atoms with Crippen molar-refractivity contribution in [1.82, 2.24) is 5.32 Å². The molecule has 0 saturated heterocycles. The Morgan fingerprint density at radius 3 is 2.52 bits per heavy atom. The predicted molar refractivity (Wildman–Crippen MR) is 90.7 cm³/mol. The summed E-state index contributed by atoms with van der Waals surface area (Å²) < 4.78 is 10.8. The zero-order valence-electron chi connectivity index (χ0n) is 14.1. The second-order valence-corrected chi connectivity index (χ2v) is 6.55. The van der Waals surface area contributed by atoms with Crippen LogP contribution >= 0.6 is 0 Å². The molecule has 0 aliphatic carbocycles. The standard InChI is InChI=1S/C19H25NO3/c1-19(2,3)15-6-8-17(9-7-15)23-14-12-20-18(21)11-10-16-5-4-13-22-16/h4-9,13H,10-12,14H2,1-3H3,(H,20,21). The van der Waals surface area contributed by atoms with Crippen LogP contribution in [0.1, 0.15) is 38.5 Å². The first-order chi connectivity index (χ1) is 10.9. The van der Waals surface area contributed by atoms with Crippen molar-refractivity contribution < 1.29 is 13.9 Å². The summed E-state index contributed by atoms with van der Waals surface area (Å²) >= 11 is 0. The average Bonchev–Trinajstić information content (AvgIpc) is 3.02. The van der Waals surface area contributed by atoms with Gasteiger partial charge in [0.05, 0.1) is 12.8 Å². The van der Waals surface area contributed by atoms with Crippen molar-refractivity contribution >= 4 is 5.91 Å². The summed E-state index contributed by atoms with van der Waals surface area (Å²) in [6, 6.07) is 11.8. The molecule has 124 valence electrons. The molecule has 1 aromatic carbocycles. The molecular weight excluding hydrogens is 290 g/mol. The fraction of sp³-hybridized carbons (Fsp3) is 0.421. The van der Waals surface area contributed by atoms with E-state index in [1.54, 1.807) is 6.26 Å². The van der Waals surface area contributed by atoms with Crippen LogP contribution in [0.3, 0.4) is 0 Å². The lowest BCUT2D eigenvalue weighted by molar-refractivity contribution is -0.121. The molecular formula is C19H25NO3. The number of furan rings is 1. The largest absolute Gasteiger partial charge is 0.492 e. The van der Waals surface area contributed by atoms with Crippen LogP contribution in [-0.4, -0.2) is 19.1 Å². The highest BCUT2D eigenvalue weighted by Gasteiger charge is 2.12. The van der Waals surface area contributed by atoms with E-state index in [0.717, 1.165) is 11.5 Å². The molecule has 2 aromatic rings. The van der Waals surface area contributed by atoms with Crippen molar-refractivity contribution in [3.8, 4) is 5.75 Å². The van der Waals surface area contributed by atoms with Crippen LogP contribution in [-0.2, 0) is 16.6 Å². The molecule has 0 aliphatic rings. The zero-order chi connectivity index (χ0) is 16.7. The highest BCUT2D eigenvalue weighted by Crippen LogP contribution is 2.24. The molecule has 4 heteroatoms.